The number of aliphatic hydroxyl groups excluding tert-OH is 2. The largest absolute Gasteiger partial charge is 0.497 e. The summed E-state index contributed by atoms with van der Waals surface area (Å²) in [6.45, 7) is 8.94. The first-order valence-corrected chi connectivity index (χ1v) is 14.3. The molecule has 2 N–H and O–H groups in total. The number of methoxy groups -OCH3 is 1. The molecule has 216 valence electrons. The van der Waals surface area contributed by atoms with Crippen LogP contribution in [0.1, 0.15) is 64.6 Å². The topological polar surface area (TPSA) is 148 Å². The number of aromatic nitrogens is 2. The molecular weight excluding hydrogens is 526 g/mol. The number of nitrogens with zero attached hydrogens (tertiary/aromatic N) is 3. The van der Waals surface area contributed by atoms with Crippen LogP contribution in [0.25, 0.3) is 6.08 Å². The fourth-order valence-electron chi connectivity index (χ4n) is 3.40. The van der Waals surface area contributed by atoms with Gasteiger partial charge in [0.15, 0.2) is 0 Å². The van der Waals surface area contributed by atoms with Crippen LogP contribution >= 0.6 is 0 Å². The van der Waals surface area contributed by atoms with Crippen LogP contribution in [0.2, 0.25) is 0 Å². The van der Waals surface area contributed by atoms with E-state index in [1.807, 2.05) is 13.8 Å². The molecule has 11 nitrogen and oxygen atoms in total. The number of carbonyl (C=O) groups is 1. The molecule has 0 bridgehead atoms. The molecule has 2 atom stereocenters. The summed E-state index contributed by atoms with van der Waals surface area (Å²) in [4.78, 5) is 20.8. The van der Waals surface area contributed by atoms with Gasteiger partial charge in [0.2, 0.25) is 21.9 Å². The molecule has 0 saturated carbocycles. The third kappa shape index (κ3) is 10.1. The Morgan fingerprint density at radius 3 is 2.21 bits per heavy atom. The number of benzene rings is 1. The molecule has 0 unspecified atom stereocenters. The van der Waals surface area contributed by atoms with Crippen LogP contribution in [0.15, 0.2) is 30.3 Å². The Morgan fingerprint density at radius 2 is 1.69 bits per heavy atom. The number of hydrogen-bond donors (Lipinski definition) is 2. The van der Waals surface area contributed by atoms with Crippen molar-refractivity contribution < 1.29 is 37.6 Å². The second-order valence-electron chi connectivity index (χ2n) is 10.4. The number of aliphatic hydroxyl groups is 2. The van der Waals surface area contributed by atoms with E-state index < -0.39 is 33.8 Å². The number of rotatable bonds is 12. The standard InChI is InChI=1S/C27H39N3O8S/c1-17(2)24-22(14-9-18(31)15-19(32)16-23(33)38-27(3,4)5)25(29-26(28-24)30(6)39(8,34)35)37-21-12-10-20(36-7)11-13-21/h9-14,17-19,31-32H,15-16H2,1-8H3/b14-9+/t18-,19-/m1/s1. The van der Waals surface area contributed by atoms with Gasteiger partial charge in [0.1, 0.15) is 17.1 Å². The van der Waals surface area contributed by atoms with E-state index in [-0.39, 0.29) is 30.6 Å². The summed E-state index contributed by atoms with van der Waals surface area (Å²) >= 11 is 0. The van der Waals surface area contributed by atoms with Crippen molar-refractivity contribution in [1.82, 2.24) is 9.97 Å². The Balaban J connectivity index is 2.42. The molecule has 0 radical (unpaired) electrons. The maximum Gasteiger partial charge on any atom is 0.308 e. The van der Waals surface area contributed by atoms with E-state index in [0.717, 1.165) is 10.6 Å². The molecule has 0 aliphatic carbocycles. The minimum absolute atomic E-state index is 0.0714. The van der Waals surface area contributed by atoms with Crippen LogP contribution in [0.5, 0.6) is 17.4 Å². The summed E-state index contributed by atoms with van der Waals surface area (Å²) < 4.78 is 41.8. The minimum atomic E-state index is -3.66. The number of sulfonamides is 1. The van der Waals surface area contributed by atoms with Crippen molar-refractivity contribution in [3.63, 3.8) is 0 Å². The van der Waals surface area contributed by atoms with Gasteiger partial charge in [0, 0.05) is 13.5 Å². The molecule has 0 saturated heterocycles. The average Bonchev–Trinajstić information content (AvgIpc) is 2.80. The molecule has 0 aliphatic rings. The SMILES string of the molecule is COc1ccc(Oc2nc(N(C)S(C)(=O)=O)nc(C(C)C)c2/C=C/[C@@H](O)C[C@@H](O)CC(=O)OC(C)(C)C)cc1. The van der Waals surface area contributed by atoms with E-state index in [1.165, 1.54) is 13.1 Å². The zero-order valence-corrected chi connectivity index (χ0v) is 24.5. The van der Waals surface area contributed by atoms with Gasteiger partial charge in [-0.2, -0.15) is 4.98 Å². The van der Waals surface area contributed by atoms with Gasteiger partial charge in [0.25, 0.3) is 0 Å². The Morgan fingerprint density at radius 1 is 1.10 bits per heavy atom. The van der Waals surface area contributed by atoms with E-state index in [0.29, 0.717) is 22.8 Å². The van der Waals surface area contributed by atoms with Gasteiger partial charge in [-0.1, -0.05) is 19.9 Å². The Labute approximate surface area is 230 Å². The van der Waals surface area contributed by atoms with Crippen LogP contribution in [0.4, 0.5) is 5.95 Å². The van der Waals surface area contributed by atoms with Crippen molar-refractivity contribution in [2.45, 2.75) is 71.2 Å². The van der Waals surface area contributed by atoms with Crippen molar-refractivity contribution in [2.24, 2.45) is 0 Å². The lowest BCUT2D eigenvalue weighted by molar-refractivity contribution is -0.157. The highest BCUT2D eigenvalue weighted by Gasteiger charge is 2.24. The third-order valence-electron chi connectivity index (χ3n) is 5.35. The summed E-state index contributed by atoms with van der Waals surface area (Å²) in [7, 11) is -0.771. The lowest BCUT2D eigenvalue weighted by Crippen LogP contribution is -2.27. The molecule has 1 heterocycles. The van der Waals surface area contributed by atoms with Gasteiger partial charge in [-0.25, -0.2) is 17.7 Å². The van der Waals surface area contributed by atoms with E-state index in [4.69, 9.17) is 14.2 Å². The van der Waals surface area contributed by atoms with Gasteiger partial charge < -0.3 is 24.4 Å². The van der Waals surface area contributed by atoms with Crippen LogP contribution in [-0.4, -0.2) is 72.8 Å². The normalized spacial score (nSPS) is 13.8. The van der Waals surface area contributed by atoms with Crippen molar-refractivity contribution >= 4 is 28.0 Å². The maximum absolute atomic E-state index is 12.2. The highest BCUT2D eigenvalue weighted by molar-refractivity contribution is 7.92. The summed E-state index contributed by atoms with van der Waals surface area (Å²) in [5.74, 6) is 0.297. The summed E-state index contributed by atoms with van der Waals surface area (Å²) in [6, 6.07) is 6.75. The van der Waals surface area contributed by atoms with Crippen molar-refractivity contribution in [3.8, 4) is 17.4 Å². The molecule has 2 rings (SSSR count). The van der Waals surface area contributed by atoms with Gasteiger partial charge in [0.05, 0.1) is 43.3 Å². The zero-order valence-electron chi connectivity index (χ0n) is 23.7. The molecule has 39 heavy (non-hydrogen) atoms. The van der Waals surface area contributed by atoms with E-state index in [2.05, 4.69) is 9.97 Å². The minimum Gasteiger partial charge on any atom is -0.497 e. The summed E-state index contributed by atoms with van der Waals surface area (Å²) in [5, 5.41) is 20.8. The van der Waals surface area contributed by atoms with Crippen LogP contribution in [0.3, 0.4) is 0 Å². The predicted octanol–water partition coefficient (Wildman–Crippen LogP) is 3.65. The van der Waals surface area contributed by atoms with Crippen molar-refractivity contribution in [1.29, 1.82) is 0 Å². The molecule has 2 aromatic rings. The number of anilines is 1. The lowest BCUT2D eigenvalue weighted by atomic mass is 10.0. The number of carbonyl (C=O) groups excluding carboxylic acids is 1. The van der Waals surface area contributed by atoms with Gasteiger partial charge in [-0.15, -0.1) is 0 Å². The molecular formula is C27H39N3O8S. The van der Waals surface area contributed by atoms with E-state index in [1.54, 1.807) is 58.2 Å². The van der Waals surface area contributed by atoms with Crippen LogP contribution < -0.4 is 13.8 Å². The Kier molecular flexibility index (Phi) is 10.8. The fourth-order valence-corrected chi connectivity index (χ4v) is 3.77. The Bertz CT molecular complexity index is 1260. The highest BCUT2D eigenvalue weighted by atomic mass is 32.2. The highest BCUT2D eigenvalue weighted by Crippen LogP contribution is 2.33. The summed E-state index contributed by atoms with van der Waals surface area (Å²) in [5.41, 5.74) is 0.226. The van der Waals surface area contributed by atoms with Crippen LogP contribution in [0, 0.1) is 0 Å². The third-order valence-corrected chi connectivity index (χ3v) is 6.51. The molecule has 1 aromatic carbocycles. The van der Waals surface area contributed by atoms with Crippen LogP contribution in [-0.2, 0) is 19.6 Å². The lowest BCUT2D eigenvalue weighted by Gasteiger charge is -2.21. The smallest absolute Gasteiger partial charge is 0.308 e. The quantitative estimate of drug-likeness (QED) is 0.365. The first kappa shape index (κ1) is 32.0. The summed E-state index contributed by atoms with van der Waals surface area (Å²) in [6.07, 6.45) is 1.42. The molecule has 0 spiro atoms. The molecule has 12 heteroatoms. The first-order chi connectivity index (χ1) is 18.0. The monoisotopic (exact) mass is 565 g/mol. The molecule has 0 amide bonds. The molecule has 0 aliphatic heterocycles. The predicted molar refractivity (Wildman–Crippen MR) is 149 cm³/mol. The van der Waals surface area contributed by atoms with E-state index in [9.17, 15) is 23.4 Å². The fraction of sp³-hybridized carbons (Fsp3) is 0.519. The number of hydrogen-bond acceptors (Lipinski definition) is 10. The van der Waals surface area contributed by atoms with Gasteiger partial charge in [-0.05, 0) is 57.0 Å². The molecule has 0 fully saturated rings. The Hall–Kier alpha value is -3.22. The second-order valence-corrected chi connectivity index (χ2v) is 12.4. The number of esters is 1. The van der Waals surface area contributed by atoms with Crippen molar-refractivity contribution in [3.05, 3.63) is 41.6 Å². The average molecular weight is 566 g/mol. The number of ether oxygens (including phenoxy) is 3. The van der Waals surface area contributed by atoms with Gasteiger partial charge in [-0.3, -0.25) is 4.79 Å². The maximum atomic E-state index is 12.2. The second kappa shape index (κ2) is 13.2. The van der Waals surface area contributed by atoms with Crippen molar-refractivity contribution in [2.75, 3.05) is 24.7 Å². The van der Waals surface area contributed by atoms with Gasteiger partial charge >= 0.3 is 5.97 Å². The zero-order chi connectivity index (χ0) is 29.5. The first-order valence-electron chi connectivity index (χ1n) is 12.4. The molecule has 1 aromatic heterocycles. The van der Waals surface area contributed by atoms with E-state index >= 15 is 0 Å².